The van der Waals surface area contributed by atoms with Gasteiger partial charge in [0.05, 0.1) is 7.11 Å². The quantitative estimate of drug-likeness (QED) is 0.546. The minimum absolute atomic E-state index is 0.205. The number of nitriles is 1. The first-order valence-electron chi connectivity index (χ1n) is 6.07. The van der Waals surface area contributed by atoms with Gasteiger partial charge in [-0.3, -0.25) is 10.1 Å². The summed E-state index contributed by atoms with van der Waals surface area (Å²) in [5, 5.41) is 13.8. The van der Waals surface area contributed by atoms with E-state index in [0.29, 0.717) is 18.0 Å². The average Bonchev–Trinajstić information content (AvgIpc) is 2.45. The van der Waals surface area contributed by atoms with Crippen molar-refractivity contribution in [2.24, 2.45) is 5.73 Å². The SMILES string of the molecule is COc1ccccc1CN/C(C)=C(\C#N)C(=O)NC(N)=O. The number of benzene rings is 1. The molecule has 0 bridgehead atoms. The van der Waals surface area contributed by atoms with Crippen molar-refractivity contribution >= 4 is 11.9 Å². The maximum atomic E-state index is 11.6. The summed E-state index contributed by atoms with van der Waals surface area (Å²) in [7, 11) is 1.56. The largest absolute Gasteiger partial charge is 0.496 e. The molecule has 0 aliphatic carbocycles. The lowest BCUT2D eigenvalue weighted by Crippen LogP contribution is -2.36. The molecule has 0 unspecified atom stereocenters. The van der Waals surface area contributed by atoms with E-state index in [1.165, 1.54) is 0 Å². The number of carbonyl (C=O) groups is 2. The molecule has 0 atom stereocenters. The number of urea groups is 1. The predicted molar refractivity (Wildman–Crippen MR) is 75.9 cm³/mol. The summed E-state index contributed by atoms with van der Waals surface area (Å²) in [6, 6.07) is 8.08. The number of primary amides is 1. The monoisotopic (exact) mass is 288 g/mol. The summed E-state index contributed by atoms with van der Waals surface area (Å²) in [5.74, 6) is -0.145. The van der Waals surface area contributed by atoms with Crippen LogP contribution in [0.25, 0.3) is 0 Å². The third-order valence-corrected chi connectivity index (χ3v) is 2.69. The maximum Gasteiger partial charge on any atom is 0.319 e. The highest BCUT2D eigenvalue weighted by Gasteiger charge is 2.14. The number of nitrogens with two attached hydrogens (primary N) is 1. The zero-order chi connectivity index (χ0) is 15.8. The Bertz CT molecular complexity index is 617. The molecule has 0 aromatic heterocycles. The summed E-state index contributed by atoms with van der Waals surface area (Å²) in [4.78, 5) is 22.2. The van der Waals surface area contributed by atoms with Crippen LogP contribution in [0.4, 0.5) is 4.79 Å². The molecule has 7 nitrogen and oxygen atoms in total. The van der Waals surface area contributed by atoms with E-state index in [1.54, 1.807) is 26.2 Å². The fourth-order valence-corrected chi connectivity index (χ4v) is 1.64. The number of amides is 3. The van der Waals surface area contributed by atoms with Gasteiger partial charge < -0.3 is 15.8 Å². The summed E-state index contributed by atoms with van der Waals surface area (Å²) >= 11 is 0. The molecule has 7 heteroatoms. The first-order valence-corrected chi connectivity index (χ1v) is 6.07. The fraction of sp³-hybridized carbons (Fsp3) is 0.214. The third-order valence-electron chi connectivity index (χ3n) is 2.69. The molecule has 0 aliphatic rings. The number of para-hydroxylation sites is 1. The first-order chi connectivity index (χ1) is 9.99. The van der Waals surface area contributed by atoms with E-state index in [9.17, 15) is 9.59 Å². The van der Waals surface area contributed by atoms with Crippen LogP contribution in [0.1, 0.15) is 12.5 Å². The van der Waals surface area contributed by atoms with Crippen LogP contribution in [-0.4, -0.2) is 19.0 Å². The van der Waals surface area contributed by atoms with Gasteiger partial charge >= 0.3 is 6.03 Å². The minimum Gasteiger partial charge on any atom is -0.496 e. The van der Waals surface area contributed by atoms with E-state index in [4.69, 9.17) is 15.7 Å². The van der Waals surface area contributed by atoms with Crippen molar-refractivity contribution in [3.8, 4) is 11.8 Å². The second kappa shape index (κ2) is 7.55. The van der Waals surface area contributed by atoms with Crippen LogP contribution in [0.3, 0.4) is 0 Å². The van der Waals surface area contributed by atoms with Crippen molar-refractivity contribution in [1.29, 1.82) is 5.26 Å². The van der Waals surface area contributed by atoms with Gasteiger partial charge in [0, 0.05) is 17.8 Å². The van der Waals surface area contributed by atoms with Crippen LogP contribution < -0.4 is 21.1 Å². The molecule has 1 aromatic rings. The molecule has 0 heterocycles. The van der Waals surface area contributed by atoms with Gasteiger partial charge in [-0.1, -0.05) is 18.2 Å². The smallest absolute Gasteiger partial charge is 0.319 e. The van der Waals surface area contributed by atoms with Gasteiger partial charge in [0.2, 0.25) is 0 Å². The average molecular weight is 288 g/mol. The minimum atomic E-state index is -1.01. The molecule has 0 spiro atoms. The lowest BCUT2D eigenvalue weighted by molar-refractivity contribution is -0.116. The lowest BCUT2D eigenvalue weighted by atomic mass is 10.1. The van der Waals surface area contributed by atoms with Crippen LogP contribution in [0.2, 0.25) is 0 Å². The number of imide groups is 1. The third kappa shape index (κ3) is 4.54. The second-order valence-electron chi connectivity index (χ2n) is 4.10. The van der Waals surface area contributed by atoms with Gasteiger partial charge in [0.15, 0.2) is 0 Å². The van der Waals surface area contributed by atoms with Gasteiger partial charge in [-0.25, -0.2) is 4.79 Å². The number of nitrogens with zero attached hydrogens (tertiary/aromatic N) is 1. The highest BCUT2D eigenvalue weighted by atomic mass is 16.5. The first kappa shape index (κ1) is 16.0. The summed E-state index contributed by atoms with van der Waals surface area (Å²) in [6.45, 7) is 1.93. The number of rotatable bonds is 5. The molecular formula is C14H16N4O3. The van der Waals surface area contributed by atoms with Gasteiger partial charge in [0.25, 0.3) is 5.91 Å². The number of ether oxygens (including phenoxy) is 1. The maximum absolute atomic E-state index is 11.6. The highest BCUT2D eigenvalue weighted by Crippen LogP contribution is 2.17. The number of nitrogens with one attached hydrogen (secondary N) is 2. The highest BCUT2D eigenvalue weighted by molar-refractivity contribution is 6.06. The van der Waals surface area contributed by atoms with E-state index in [-0.39, 0.29) is 5.57 Å². The number of allylic oxidation sites excluding steroid dienone is 1. The summed E-state index contributed by atoms with van der Waals surface area (Å²) in [5.41, 5.74) is 5.85. The molecule has 3 amide bonds. The van der Waals surface area contributed by atoms with Crippen LogP contribution in [0.15, 0.2) is 35.5 Å². The number of hydrogen-bond donors (Lipinski definition) is 3. The molecule has 0 saturated heterocycles. The van der Waals surface area contributed by atoms with Crippen molar-refractivity contribution < 1.29 is 14.3 Å². The van der Waals surface area contributed by atoms with Gasteiger partial charge in [-0.05, 0) is 13.0 Å². The van der Waals surface area contributed by atoms with E-state index in [1.807, 2.05) is 23.5 Å². The summed E-state index contributed by atoms with van der Waals surface area (Å²) in [6.07, 6.45) is 0. The molecule has 1 aromatic carbocycles. The van der Waals surface area contributed by atoms with Crippen molar-refractivity contribution in [2.45, 2.75) is 13.5 Å². The lowest BCUT2D eigenvalue weighted by Gasteiger charge is -2.11. The molecule has 4 N–H and O–H groups in total. The fourth-order valence-electron chi connectivity index (χ4n) is 1.64. The topological polar surface area (TPSA) is 117 Å². The molecule has 21 heavy (non-hydrogen) atoms. The molecular weight excluding hydrogens is 272 g/mol. The van der Waals surface area contributed by atoms with Crippen molar-refractivity contribution in [3.05, 3.63) is 41.1 Å². The van der Waals surface area contributed by atoms with E-state index in [2.05, 4.69) is 5.32 Å². The zero-order valence-corrected chi connectivity index (χ0v) is 11.8. The van der Waals surface area contributed by atoms with Gasteiger partial charge in [-0.2, -0.15) is 5.26 Å². The van der Waals surface area contributed by atoms with Gasteiger partial charge in [0.1, 0.15) is 17.4 Å². The molecule has 0 radical (unpaired) electrons. The number of carbonyl (C=O) groups excluding carboxylic acids is 2. The molecule has 110 valence electrons. The standard InChI is InChI=1S/C14H16N4O3/c1-9(11(7-15)13(19)18-14(16)20)17-8-10-5-3-4-6-12(10)21-2/h3-6,17H,8H2,1-2H3,(H3,16,18,19,20)/b11-9+. The van der Waals surface area contributed by atoms with E-state index >= 15 is 0 Å². The number of methoxy groups -OCH3 is 1. The van der Waals surface area contributed by atoms with Crippen LogP contribution in [-0.2, 0) is 11.3 Å². The molecule has 0 fully saturated rings. The van der Waals surface area contributed by atoms with Crippen molar-refractivity contribution in [3.63, 3.8) is 0 Å². The van der Waals surface area contributed by atoms with Crippen molar-refractivity contribution in [2.75, 3.05) is 7.11 Å². The zero-order valence-electron chi connectivity index (χ0n) is 11.8. The van der Waals surface area contributed by atoms with Crippen LogP contribution in [0, 0.1) is 11.3 Å². The Kier molecular flexibility index (Phi) is 5.77. The number of hydrogen-bond acceptors (Lipinski definition) is 5. The van der Waals surface area contributed by atoms with Gasteiger partial charge in [-0.15, -0.1) is 0 Å². The van der Waals surface area contributed by atoms with Crippen molar-refractivity contribution in [1.82, 2.24) is 10.6 Å². The Labute approximate surface area is 122 Å². The van der Waals surface area contributed by atoms with Crippen LogP contribution >= 0.6 is 0 Å². The van der Waals surface area contributed by atoms with E-state index < -0.39 is 11.9 Å². The normalized spacial score (nSPS) is 10.9. The Balaban J connectivity index is 2.85. The Hall–Kier alpha value is -3.01. The van der Waals surface area contributed by atoms with Crippen LogP contribution in [0.5, 0.6) is 5.75 Å². The van der Waals surface area contributed by atoms with E-state index in [0.717, 1.165) is 5.56 Å². The summed E-state index contributed by atoms with van der Waals surface area (Å²) < 4.78 is 5.20. The Morgan fingerprint density at radius 2 is 2.05 bits per heavy atom. The molecule has 0 aliphatic heterocycles. The Morgan fingerprint density at radius 1 is 1.38 bits per heavy atom. The molecule has 0 saturated carbocycles. The Morgan fingerprint density at radius 3 is 2.62 bits per heavy atom. The predicted octanol–water partition coefficient (Wildman–Crippen LogP) is 0.777. The second-order valence-corrected chi connectivity index (χ2v) is 4.10. The molecule has 1 rings (SSSR count).